The summed E-state index contributed by atoms with van der Waals surface area (Å²) in [6, 6.07) is 0. The maximum absolute atomic E-state index is 11.1. The molecule has 0 saturated heterocycles. The van der Waals surface area contributed by atoms with E-state index in [1.165, 1.54) is 12.6 Å². The second-order valence-corrected chi connectivity index (χ2v) is 2.46. The molecule has 0 bridgehead atoms. The molecule has 0 fully saturated rings. The third-order valence-electron chi connectivity index (χ3n) is 1.68. The van der Waals surface area contributed by atoms with Crippen LogP contribution in [0.15, 0.2) is 21.8 Å². The number of carbonyl (C=O) groups excluding carboxylic acids is 1. The molecule has 2 aliphatic heterocycles. The average Bonchev–Trinajstić information content (AvgIpc) is 2.34. The van der Waals surface area contributed by atoms with Crippen molar-refractivity contribution in [1.29, 1.82) is 0 Å². The molecule has 1 atom stereocenters. The van der Waals surface area contributed by atoms with Gasteiger partial charge in [-0.25, -0.2) is 9.98 Å². The Morgan fingerprint density at radius 2 is 2.45 bits per heavy atom. The number of hydrogen-bond donors (Lipinski definition) is 0. The van der Waals surface area contributed by atoms with Gasteiger partial charge in [-0.2, -0.15) is 0 Å². The number of hydrogen-bond acceptors (Lipinski definition) is 3. The van der Waals surface area contributed by atoms with Crippen LogP contribution in [0.25, 0.3) is 0 Å². The van der Waals surface area contributed by atoms with E-state index in [1.807, 2.05) is 6.92 Å². The van der Waals surface area contributed by atoms with Crippen molar-refractivity contribution in [2.24, 2.45) is 15.9 Å². The van der Waals surface area contributed by atoms with Crippen molar-refractivity contribution >= 4 is 18.1 Å². The fourth-order valence-corrected chi connectivity index (χ4v) is 1.11. The highest BCUT2D eigenvalue weighted by Gasteiger charge is 2.33. The van der Waals surface area contributed by atoms with E-state index in [2.05, 4.69) is 9.98 Å². The van der Waals surface area contributed by atoms with Crippen LogP contribution < -0.4 is 0 Å². The largest absolute Gasteiger partial charge is 0.449 e. The van der Waals surface area contributed by atoms with Gasteiger partial charge in [0.05, 0.1) is 6.26 Å². The highest BCUT2D eigenvalue weighted by molar-refractivity contribution is 6.11. The predicted molar refractivity (Wildman–Crippen MR) is 39.3 cm³/mol. The average molecular weight is 150 g/mol. The Morgan fingerprint density at radius 3 is 3.18 bits per heavy atom. The van der Waals surface area contributed by atoms with Crippen molar-refractivity contribution in [2.45, 2.75) is 6.92 Å². The lowest BCUT2D eigenvalue weighted by Crippen LogP contribution is -2.23. The number of ether oxygens (including phenoxy) is 1. The Balaban J connectivity index is 2.42. The molecule has 11 heavy (non-hydrogen) atoms. The molecule has 0 spiro atoms. The molecule has 0 aromatic rings. The lowest BCUT2D eigenvalue weighted by atomic mass is 10.0. The highest BCUT2D eigenvalue weighted by Crippen LogP contribution is 2.23. The van der Waals surface area contributed by atoms with Crippen LogP contribution in [0.3, 0.4) is 0 Å². The Kier molecular flexibility index (Phi) is 1.15. The van der Waals surface area contributed by atoms with Gasteiger partial charge in [-0.15, -0.1) is 0 Å². The minimum Gasteiger partial charge on any atom is -0.449 e. The Morgan fingerprint density at radius 1 is 1.64 bits per heavy atom. The minimum absolute atomic E-state index is 0.193. The number of nitrogens with zero attached hydrogens (tertiary/aromatic N) is 2. The summed E-state index contributed by atoms with van der Waals surface area (Å²) in [6.07, 6.45) is 2.76. The van der Waals surface area contributed by atoms with Gasteiger partial charge in [-0.1, -0.05) is 0 Å². The number of amides is 1. The molecule has 0 aromatic carbocycles. The summed E-state index contributed by atoms with van der Waals surface area (Å²) < 4.78 is 5.02. The first-order valence-electron chi connectivity index (χ1n) is 3.26. The second kappa shape index (κ2) is 2.02. The molecular formula is C7H6N2O2. The molecule has 0 aliphatic carbocycles. The van der Waals surface area contributed by atoms with E-state index in [1.54, 1.807) is 0 Å². The third-order valence-corrected chi connectivity index (χ3v) is 1.68. The normalized spacial score (nSPS) is 27.4. The summed E-state index contributed by atoms with van der Waals surface area (Å²) in [5.74, 6) is -0.0938. The van der Waals surface area contributed by atoms with Gasteiger partial charge in [0, 0.05) is 0 Å². The molecular weight excluding hydrogens is 144 g/mol. The lowest BCUT2D eigenvalue weighted by molar-refractivity contribution is -0.118. The van der Waals surface area contributed by atoms with Gasteiger partial charge in [0.1, 0.15) is 12.3 Å². The third kappa shape index (κ3) is 0.790. The van der Waals surface area contributed by atoms with Crippen molar-refractivity contribution in [3.05, 3.63) is 11.8 Å². The van der Waals surface area contributed by atoms with Crippen LogP contribution in [0, 0.1) is 5.92 Å². The first kappa shape index (κ1) is 6.27. The van der Waals surface area contributed by atoms with Gasteiger partial charge >= 0.3 is 0 Å². The first-order valence-corrected chi connectivity index (χ1v) is 3.26. The second-order valence-electron chi connectivity index (χ2n) is 2.46. The van der Waals surface area contributed by atoms with E-state index in [4.69, 9.17) is 4.74 Å². The molecule has 4 nitrogen and oxygen atoms in total. The van der Waals surface area contributed by atoms with Crippen LogP contribution in [0.5, 0.6) is 0 Å². The van der Waals surface area contributed by atoms with E-state index in [9.17, 15) is 4.79 Å². The molecule has 0 aromatic heterocycles. The van der Waals surface area contributed by atoms with Crippen molar-refractivity contribution in [1.82, 2.24) is 0 Å². The van der Waals surface area contributed by atoms with E-state index < -0.39 is 0 Å². The number of aliphatic imine (C=N–C) groups is 2. The SMILES string of the molecule is CC1=COC2=NC=NC(=O)C12. The zero-order valence-corrected chi connectivity index (χ0v) is 5.94. The summed E-state index contributed by atoms with van der Waals surface area (Å²) >= 11 is 0. The standard InChI is InChI=1S/C7H6N2O2/c1-4-2-11-7-5(4)6(10)8-3-9-7/h2-3,5H,1H3. The molecule has 4 heteroatoms. The van der Waals surface area contributed by atoms with Crippen molar-refractivity contribution in [3.8, 4) is 0 Å². The van der Waals surface area contributed by atoms with E-state index in [-0.39, 0.29) is 11.8 Å². The van der Waals surface area contributed by atoms with Crippen molar-refractivity contribution < 1.29 is 9.53 Å². The highest BCUT2D eigenvalue weighted by atomic mass is 16.5. The van der Waals surface area contributed by atoms with Gasteiger partial charge < -0.3 is 4.74 Å². The van der Waals surface area contributed by atoms with Gasteiger partial charge in [0.25, 0.3) is 5.91 Å². The van der Waals surface area contributed by atoms with E-state index >= 15 is 0 Å². The molecule has 0 N–H and O–H groups in total. The topological polar surface area (TPSA) is 51.0 Å². The number of carbonyl (C=O) groups is 1. The molecule has 0 radical (unpaired) electrons. The minimum atomic E-state index is -0.347. The number of fused-ring (bicyclic) bond motifs is 1. The van der Waals surface area contributed by atoms with Crippen LogP contribution in [0.1, 0.15) is 6.92 Å². The van der Waals surface area contributed by atoms with Crippen LogP contribution in [-0.4, -0.2) is 18.1 Å². The monoisotopic (exact) mass is 150 g/mol. The zero-order valence-electron chi connectivity index (χ0n) is 5.94. The fraction of sp³-hybridized carbons (Fsp3) is 0.286. The van der Waals surface area contributed by atoms with E-state index in [0.29, 0.717) is 5.90 Å². The lowest BCUT2D eigenvalue weighted by Gasteiger charge is -2.08. The van der Waals surface area contributed by atoms with Gasteiger partial charge in [0.15, 0.2) is 0 Å². The van der Waals surface area contributed by atoms with Crippen LogP contribution in [0.2, 0.25) is 0 Å². The Hall–Kier alpha value is -1.45. The smallest absolute Gasteiger partial charge is 0.263 e. The quantitative estimate of drug-likeness (QED) is 0.505. The van der Waals surface area contributed by atoms with Crippen LogP contribution >= 0.6 is 0 Å². The molecule has 56 valence electrons. The molecule has 0 saturated carbocycles. The van der Waals surface area contributed by atoms with Gasteiger partial charge in [0.2, 0.25) is 5.90 Å². The first-order chi connectivity index (χ1) is 5.29. The molecule has 1 amide bonds. The molecule has 2 rings (SSSR count). The maximum atomic E-state index is 11.1. The van der Waals surface area contributed by atoms with Crippen LogP contribution in [0.4, 0.5) is 0 Å². The van der Waals surface area contributed by atoms with Crippen molar-refractivity contribution in [2.75, 3.05) is 0 Å². The fourth-order valence-electron chi connectivity index (χ4n) is 1.11. The van der Waals surface area contributed by atoms with Crippen LogP contribution in [-0.2, 0) is 9.53 Å². The molecule has 2 heterocycles. The van der Waals surface area contributed by atoms with Gasteiger partial charge in [-0.3, -0.25) is 4.79 Å². The summed E-state index contributed by atoms with van der Waals surface area (Å²) in [5.41, 5.74) is 0.866. The van der Waals surface area contributed by atoms with Gasteiger partial charge in [-0.05, 0) is 12.5 Å². The van der Waals surface area contributed by atoms with E-state index in [0.717, 1.165) is 5.57 Å². The zero-order chi connectivity index (χ0) is 7.84. The Labute approximate surface area is 63.3 Å². The summed E-state index contributed by atoms with van der Waals surface area (Å²) in [5, 5.41) is 0. The molecule has 2 aliphatic rings. The van der Waals surface area contributed by atoms with Crippen molar-refractivity contribution in [3.63, 3.8) is 0 Å². The molecule has 1 unspecified atom stereocenters. The number of rotatable bonds is 0. The maximum Gasteiger partial charge on any atom is 0.263 e. The summed E-state index contributed by atoms with van der Waals surface area (Å²) in [6.45, 7) is 1.83. The Bertz CT molecular complexity index is 302. The summed E-state index contributed by atoms with van der Waals surface area (Å²) in [7, 11) is 0. The summed E-state index contributed by atoms with van der Waals surface area (Å²) in [4.78, 5) is 18.5. The predicted octanol–water partition coefficient (Wildman–Crippen LogP) is 0.504.